The highest BCUT2D eigenvalue weighted by molar-refractivity contribution is 5.95. The molecule has 0 aliphatic heterocycles. The first kappa shape index (κ1) is 14.2. The van der Waals surface area contributed by atoms with E-state index in [1.165, 1.54) is 0 Å². The van der Waals surface area contributed by atoms with Gasteiger partial charge in [0, 0.05) is 5.69 Å². The third-order valence-electron chi connectivity index (χ3n) is 1.97. The minimum atomic E-state index is -0.0798. The van der Waals surface area contributed by atoms with Gasteiger partial charge in [-0.2, -0.15) is 4.98 Å². The third kappa shape index (κ3) is 4.54. The fraction of sp³-hybridized carbons (Fsp3) is 0.545. The molecule has 0 atom stereocenters. The van der Waals surface area contributed by atoms with Crippen molar-refractivity contribution in [2.45, 2.75) is 26.9 Å². The number of aryl methyl sites for hydroxylation is 1. The maximum atomic E-state index is 8.59. The fourth-order valence-corrected chi connectivity index (χ4v) is 1.21. The molecule has 0 radical (unpaired) electrons. The largest absolute Gasteiger partial charge is 0.461 e. The van der Waals surface area contributed by atoms with Crippen LogP contribution in [0.15, 0.2) is 11.2 Å². The van der Waals surface area contributed by atoms with Gasteiger partial charge in [0.15, 0.2) is 5.84 Å². The van der Waals surface area contributed by atoms with Gasteiger partial charge in [-0.1, -0.05) is 5.16 Å². The molecule has 0 unspecified atom stereocenters. The second-order valence-corrected chi connectivity index (χ2v) is 3.93. The summed E-state index contributed by atoms with van der Waals surface area (Å²) in [5.74, 6) is -0.0798. The summed E-state index contributed by atoms with van der Waals surface area (Å²) in [5.41, 5.74) is 6.45. The Morgan fingerprint density at radius 3 is 2.78 bits per heavy atom. The monoisotopic (exact) mass is 254 g/mol. The quantitative estimate of drug-likeness (QED) is 0.254. The Bertz CT molecular complexity index is 421. The van der Waals surface area contributed by atoms with Crippen LogP contribution in [0.1, 0.15) is 25.2 Å². The van der Waals surface area contributed by atoms with Crippen molar-refractivity contribution in [3.63, 3.8) is 0 Å². The van der Waals surface area contributed by atoms with E-state index in [2.05, 4.69) is 15.1 Å². The minimum Gasteiger partial charge on any atom is -0.461 e. The van der Waals surface area contributed by atoms with E-state index in [1.807, 2.05) is 13.8 Å². The predicted molar refractivity (Wildman–Crippen MR) is 65.9 cm³/mol. The van der Waals surface area contributed by atoms with Crippen molar-refractivity contribution in [3.05, 3.63) is 17.5 Å². The molecule has 0 amide bonds. The van der Waals surface area contributed by atoms with Gasteiger partial charge in [0.25, 0.3) is 0 Å². The molecule has 0 bridgehead atoms. The molecule has 1 aromatic rings. The van der Waals surface area contributed by atoms with Crippen molar-refractivity contribution in [2.24, 2.45) is 10.9 Å². The molecule has 0 spiro atoms. The molecule has 0 fully saturated rings. The van der Waals surface area contributed by atoms with E-state index < -0.39 is 0 Å². The number of oxime groups is 1. The van der Waals surface area contributed by atoms with E-state index in [0.29, 0.717) is 24.6 Å². The number of rotatable bonds is 6. The van der Waals surface area contributed by atoms with Gasteiger partial charge < -0.3 is 20.4 Å². The smallest absolute Gasteiger partial charge is 0.317 e. The van der Waals surface area contributed by atoms with Crippen LogP contribution in [0.5, 0.6) is 6.01 Å². The zero-order valence-electron chi connectivity index (χ0n) is 10.8. The highest BCUT2D eigenvalue weighted by Crippen LogP contribution is 2.07. The normalized spacial score (nSPS) is 11.9. The molecule has 18 heavy (non-hydrogen) atoms. The molecule has 7 nitrogen and oxygen atoms in total. The Labute approximate surface area is 106 Å². The highest BCUT2D eigenvalue weighted by atomic mass is 16.5. The van der Waals surface area contributed by atoms with Crippen molar-refractivity contribution in [2.75, 3.05) is 13.2 Å². The lowest BCUT2D eigenvalue weighted by molar-refractivity contribution is 0.0530. The van der Waals surface area contributed by atoms with Crippen LogP contribution in [0.25, 0.3) is 0 Å². The second-order valence-electron chi connectivity index (χ2n) is 3.93. The maximum Gasteiger partial charge on any atom is 0.317 e. The van der Waals surface area contributed by atoms with Gasteiger partial charge in [0.1, 0.15) is 12.3 Å². The van der Waals surface area contributed by atoms with Crippen LogP contribution >= 0.6 is 0 Å². The van der Waals surface area contributed by atoms with Gasteiger partial charge in [0.2, 0.25) is 0 Å². The number of hydrogen-bond acceptors (Lipinski definition) is 6. The highest BCUT2D eigenvalue weighted by Gasteiger charge is 2.07. The van der Waals surface area contributed by atoms with Crippen molar-refractivity contribution < 1.29 is 14.7 Å². The molecule has 0 saturated carbocycles. The van der Waals surface area contributed by atoms with Crippen LogP contribution in [0.3, 0.4) is 0 Å². The fourth-order valence-electron chi connectivity index (χ4n) is 1.21. The van der Waals surface area contributed by atoms with E-state index in [0.717, 1.165) is 0 Å². The summed E-state index contributed by atoms with van der Waals surface area (Å²) < 4.78 is 10.7. The van der Waals surface area contributed by atoms with Gasteiger partial charge in [0.05, 0.1) is 12.7 Å². The van der Waals surface area contributed by atoms with Crippen molar-refractivity contribution >= 4 is 5.84 Å². The van der Waals surface area contributed by atoms with E-state index in [4.69, 9.17) is 20.4 Å². The van der Waals surface area contributed by atoms with Crippen molar-refractivity contribution in [1.29, 1.82) is 0 Å². The summed E-state index contributed by atoms with van der Waals surface area (Å²) in [6.07, 6.45) is 0.153. The van der Waals surface area contributed by atoms with Gasteiger partial charge >= 0.3 is 6.01 Å². The van der Waals surface area contributed by atoms with E-state index in [9.17, 15) is 0 Å². The molecule has 0 aromatic carbocycles. The van der Waals surface area contributed by atoms with Crippen molar-refractivity contribution in [3.8, 4) is 6.01 Å². The summed E-state index contributed by atoms with van der Waals surface area (Å²) in [4.78, 5) is 8.10. The SMILES string of the molecule is Cc1cc(/C(N)=N/O)nc(OCCOC(C)C)n1. The lowest BCUT2D eigenvalue weighted by Crippen LogP contribution is -2.17. The summed E-state index contributed by atoms with van der Waals surface area (Å²) in [6, 6.07) is 1.79. The topological polar surface area (TPSA) is 103 Å². The number of nitrogens with zero attached hydrogens (tertiary/aromatic N) is 3. The zero-order chi connectivity index (χ0) is 13.5. The van der Waals surface area contributed by atoms with Crippen LogP contribution in [0, 0.1) is 6.92 Å². The lowest BCUT2D eigenvalue weighted by atomic mass is 10.3. The van der Waals surface area contributed by atoms with Crippen LogP contribution in [-0.2, 0) is 4.74 Å². The Hall–Kier alpha value is -1.89. The number of amidine groups is 1. The maximum absolute atomic E-state index is 8.59. The Kier molecular flexibility index (Phi) is 5.31. The molecule has 1 aromatic heterocycles. The summed E-state index contributed by atoms with van der Waals surface area (Å²) in [7, 11) is 0. The van der Waals surface area contributed by atoms with E-state index in [-0.39, 0.29) is 18.0 Å². The average Bonchev–Trinajstić information content (AvgIpc) is 2.32. The first-order chi connectivity index (χ1) is 8.52. The van der Waals surface area contributed by atoms with Gasteiger partial charge in [-0.25, -0.2) is 4.98 Å². The van der Waals surface area contributed by atoms with E-state index >= 15 is 0 Å². The molecular weight excluding hydrogens is 236 g/mol. The first-order valence-corrected chi connectivity index (χ1v) is 5.61. The Morgan fingerprint density at radius 1 is 1.44 bits per heavy atom. The third-order valence-corrected chi connectivity index (χ3v) is 1.97. The molecule has 100 valence electrons. The Balaban J connectivity index is 2.63. The summed E-state index contributed by atoms with van der Waals surface area (Å²) in [5, 5.41) is 11.5. The predicted octanol–water partition coefficient (Wildman–Crippen LogP) is 0.683. The molecule has 1 rings (SSSR count). The van der Waals surface area contributed by atoms with Crippen LogP contribution < -0.4 is 10.5 Å². The number of aromatic nitrogens is 2. The number of hydrogen-bond donors (Lipinski definition) is 2. The molecule has 0 aliphatic rings. The average molecular weight is 254 g/mol. The lowest BCUT2D eigenvalue weighted by Gasteiger charge is -2.09. The summed E-state index contributed by atoms with van der Waals surface area (Å²) in [6.45, 7) is 6.46. The number of nitrogens with two attached hydrogens (primary N) is 1. The van der Waals surface area contributed by atoms with Crippen LogP contribution in [0.4, 0.5) is 0 Å². The van der Waals surface area contributed by atoms with Gasteiger partial charge in [-0.15, -0.1) is 0 Å². The second kappa shape index (κ2) is 6.75. The number of ether oxygens (including phenoxy) is 2. The molecule has 0 aliphatic carbocycles. The first-order valence-electron chi connectivity index (χ1n) is 5.61. The van der Waals surface area contributed by atoms with Crippen LogP contribution in [0.2, 0.25) is 0 Å². The standard InChI is InChI=1S/C11H18N4O3/c1-7(2)17-4-5-18-11-13-8(3)6-9(14-11)10(12)15-16/h6-7,16H,4-5H2,1-3H3,(H2,12,15). The van der Waals surface area contributed by atoms with Gasteiger partial charge in [-0.05, 0) is 26.8 Å². The molecule has 7 heteroatoms. The Morgan fingerprint density at radius 2 is 2.17 bits per heavy atom. The zero-order valence-corrected chi connectivity index (χ0v) is 10.8. The van der Waals surface area contributed by atoms with Crippen molar-refractivity contribution in [1.82, 2.24) is 9.97 Å². The van der Waals surface area contributed by atoms with E-state index in [1.54, 1.807) is 13.0 Å². The minimum absolute atomic E-state index is 0.0798. The van der Waals surface area contributed by atoms with Crippen LogP contribution in [-0.4, -0.2) is 40.3 Å². The van der Waals surface area contributed by atoms with Gasteiger partial charge in [-0.3, -0.25) is 0 Å². The molecule has 3 N–H and O–H groups in total. The summed E-state index contributed by atoms with van der Waals surface area (Å²) >= 11 is 0. The molecule has 1 heterocycles. The molecular formula is C11H18N4O3. The molecule has 0 saturated heterocycles.